The fourth-order valence-electron chi connectivity index (χ4n) is 3.45. The number of rotatable bonds is 5. The zero-order valence-corrected chi connectivity index (χ0v) is 15.8. The molecule has 29 heavy (non-hydrogen) atoms. The van der Waals surface area contributed by atoms with Gasteiger partial charge in [0.15, 0.2) is 17.9 Å². The fraction of sp³-hybridized carbons (Fsp3) is 0.562. The Balaban J connectivity index is 2.10. The summed E-state index contributed by atoms with van der Waals surface area (Å²) in [5.74, 6) is -5.64. The zero-order chi connectivity index (χ0) is 21.3. The van der Waals surface area contributed by atoms with Gasteiger partial charge in [-0.05, 0) is 0 Å². The van der Waals surface area contributed by atoms with Crippen molar-refractivity contribution < 1.29 is 52.3 Å². The molecule has 2 aliphatic rings. The second-order valence-electron chi connectivity index (χ2n) is 6.06. The summed E-state index contributed by atoms with van der Waals surface area (Å²) >= 11 is 0. The molecule has 0 saturated carbocycles. The van der Waals surface area contributed by atoms with E-state index in [9.17, 15) is 19.2 Å². The summed E-state index contributed by atoms with van der Waals surface area (Å²) in [6.45, 7) is 0. The Kier molecular flexibility index (Phi) is 5.81. The maximum atomic E-state index is 12.5. The van der Waals surface area contributed by atoms with E-state index in [0.717, 1.165) is 39.9 Å². The molecule has 1 aromatic rings. The number of nitrogens with zero attached hydrogens (tertiary/aromatic N) is 2. The van der Waals surface area contributed by atoms with Gasteiger partial charge in [-0.15, -0.1) is 0 Å². The van der Waals surface area contributed by atoms with E-state index in [4.69, 9.17) is 23.7 Å². The van der Waals surface area contributed by atoms with Gasteiger partial charge in [0.05, 0.1) is 40.4 Å². The van der Waals surface area contributed by atoms with E-state index in [0.29, 0.717) is 0 Å². The Labute approximate surface area is 163 Å². The molecular weight excluding hydrogens is 396 g/mol. The van der Waals surface area contributed by atoms with Gasteiger partial charge in [-0.1, -0.05) is 10.4 Å². The smallest absolute Gasteiger partial charge is 0.360 e. The second kappa shape index (κ2) is 8.14. The Bertz CT molecular complexity index is 822. The minimum Gasteiger partial charge on any atom is -0.469 e. The van der Waals surface area contributed by atoms with Crippen molar-refractivity contribution in [3.05, 3.63) is 17.5 Å². The van der Waals surface area contributed by atoms with Crippen molar-refractivity contribution in [1.29, 1.82) is 0 Å². The number of carbonyl (C=O) groups is 4. The second-order valence-corrected chi connectivity index (χ2v) is 6.06. The highest BCUT2D eigenvalue weighted by molar-refractivity contribution is 5.90. The van der Waals surface area contributed by atoms with Crippen molar-refractivity contribution in [3.63, 3.8) is 0 Å². The van der Waals surface area contributed by atoms with Crippen molar-refractivity contribution in [2.75, 3.05) is 28.4 Å². The number of methoxy groups -OCH3 is 4. The van der Waals surface area contributed by atoms with Crippen LogP contribution in [0.3, 0.4) is 0 Å². The first-order valence-electron chi connectivity index (χ1n) is 8.28. The third-order valence-electron chi connectivity index (χ3n) is 4.74. The molecule has 0 aromatic carbocycles. The Morgan fingerprint density at radius 3 is 2.07 bits per heavy atom. The van der Waals surface area contributed by atoms with Crippen LogP contribution in [-0.2, 0) is 43.0 Å². The van der Waals surface area contributed by atoms with Crippen LogP contribution in [0.25, 0.3) is 0 Å². The molecule has 158 valence electrons. The molecule has 0 aliphatic carbocycles. The van der Waals surface area contributed by atoms with E-state index >= 15 is 0 Å². The lowest BCUT2D eigenvalue weighted by Gasteiger charge is -2.23. The van der Waals surface area contributed by atoms with Crippen LogP contribution in [-0.4, -0.2) is 80.9 Å². The van der Waals surface area contributed by atoms with Crippen LogP contribution in [0.4, 0.5) is 0 Å². The van der Waals surface area contributed by atoms with Gasteiger partial charge in [-0.2, -0.15) is 0 Å². The molecule has 0 radical (unpaired) electrons. The molecule has 1 aromatic heterocycles. The number of fused-ring (bicyclic) bond motifs is 1. The highest BCUT2D eigenvalue weighted by Crippen LogP contribution is 2.47. The summed E-state index contributed by atoms with van der Waals surface area (Å²) in [4.78, 5) is 59.9. The predicted octanol–water partition coefficient (Wildman–Crippen LogP) is -1.02. The average Bonchev–Trinajstić information content (AvgIpc) is 3.44. The molecule has 0 unspecified atom stereocenters. The average molecular weight is 414 g/mol. The van der Waals surface area contributed by atoms with E-state index in [1.807, 2.05) is 0 Å². The highest BCUT2D eigenvalue weighted by atomic mass is 17.0. The number of hydrogen-bond acceptors (Lipinski definition) is 13. The fourth-order valence-corrected chi connectivity index (χ4v) is 3.45. The molecule has 5 atom stereocenters. The van der Waals surface area contributed by atoms with Crippen LogP contribution in [0, 0.1) is 5.92 Å². The molecule has 0 N–H and O–H groups in total. The number of hydrogen-bond donors (Lipinski definition) is 0. The summed E-state index contributed by atoms with van der Waals surface area (Å²) in [6, 6.07) is -1.07. The largest absolute Gasteiger partial charge is 0.469 e. The molecule has 0 amide bonds. The number of ether oxygens (including phenoxy) is 4. The van der Waals surface area contributed by atoms with Crippen molar-refractivity contribution in [3.8, 4) is 0 Å². The molecule has 13 nitrogen and oxygen atoms in total. The van der Waals surface area contributed by atoms with Gasteiger partial charge < -0.3 is 23.5 Å². The number of carbonyl (C=O) groups excluding carboxylic acids is 4. The third kappa shape index (κ3) is 3.32. The van der Waals surface area contributed by atoms with Crippen molar-refractivity contribution in [1.82, 2.24) is 10.4 Å². The Hall–Kier alpha value is -3.03. The van der Waals surface area contributed by atoms with Gasteiger partial charge in [-0.3, -0.25) is 14.5 Å². The molecule has 3 heterocycles. The van der Waals surface area contributed by atoms with E-state index in [-0.39, 0.29) is 11.3 Å². The highest BCUT2D eigenvalue weighted by Gasteiger charge is 2.64. The van der Waals surface area contributed by atoms with Crippen LogP contribution in [0.1, 0.15) is 22.0 Å². The molecular formula is C16H18N2O11. The first-order valence-corrected chi connectivity index (χ1v) is 8.28. The quantitative estimate of drug-likeness (QED) is 0.427. The van der Waals surface area contributed by atoms with Crippen molar-refractivity contribution in [2.24, 2.45) is 5.92 Å². The van der Waals surface area contributed by atoms with Crippen molar-refractivity contribution >= 4 is 23.9 Å². The molecule has 0 bridgehead atoms. The van der Waals surface area contributed by atoms with E-state index in [2.05, 4.69) is 14.6 Å². The first-order chi connectivity index (χ1) is 13.9. The van der Waals surface area contributed by atoms with E-state index in [1.165, 1.54) is 0 Å². The normalized spacial score (nSPS) is 28.5. The monoisotopic (exact) mass is 414 g/mol. The third-order valence-corrected chi connectivity index (χ3v) is 4.74. The van der Waals surface area contributed by atoms with Gasteiger partial charge >= 0.3 is 23.9 Å². The Morgan fingerprint density at radius 1 is 0.897 bits per heavy atom. The summed E-state index contributed by atoms with van der Waals surface area (Å²) < 4.78 is 23.8. The first kappa shape index (κ1) is 20.7. The summed E-state index contributed by atoms with van der Waals surface area (Å²) in [6.07, 6.45) is -1.63. The van der Waals surface area contributed by atoms with Crippen molar-refractivity contribution in [2.45, 2.75) is 24.2 Å². The Morgan fingerprint density at radius 2 is 1.48 bits per heavy atom. The maximum Gasteiger partial charge on any atom is 0.360 e. The van der Waals surface area contributed by atoms with E-state index in [1.54, 1.807) is 0 Å². The summed E-state index contributed by atoms with van der Waals surface area (Å²) in [5, 5.41) is 4.44. The standard InChI is InChI=1S/C16H18N2O11/c1-23-13(19)8-10-7(6-5-27-17-9(6)14(20)24-2)11(15(21)25-3)28-18(10)29-12(8)16(22)26-4/h5,7-8,10-12H,1-4H3/t7-,8+,10-,11+,12-/m1/s1. The van der Waals surface area contributed by atoms with Gasteiger partial charge in [0.1, 0.15) is 12.2 Å². The lowest BCUT2D eigenvalue weighted by atomic mass is 9.79. The molecule has 3 rings (SSSR count). The zero-order valence-electron chi connectivity index (χ0n) is 15.8. The topological polar surface area (TPSA) is 153 Å². The van der Waals surface area contributed by atoms with Gasteiger partial charge in [0, 0.05) is 5.56 Å². The SMILES string of the molecule is COC(=O)c1nocc1[C@@H]1[C@@H]2[C@H](C(=O)OC)[C@H](C(=O)OC)ON2O[C@@H]1C(=O)OC. The lowest BCUT2D eigenvalue weighted by molar-refractivity contribution is -0.350. The summed E-state index contributed by atoms with van der Waals surface area (Å²) in [5.41, 5.74) is -0.134. The van der Waals surface area contributed by atoms with Crippen LogP contribution in [0.5, 0.6) is 0 Å². The molecule has 2 fully saturated rings. The van der Waals surface area contributed by atoms with Gasteiger partial charge in [0.25, 0.3) is 0 Å². The predicted molar refractivity (Wildman–Crippen MR) is 85.5 cm³/mol. The molecule has 2 aliphatic heterocycles. The van der Waals surface area contributed by atoms with Crippen LogP contribution in [0.15, 0.2) is 10.8 Å². The minimum absolute atomic E-state index is 0.0998. The minimum atomic E-state index is -1.40. The van der Waals surface area contributed by atoms with Crippen LogP contribution in [0.2, 0.25) is 0 Å². The van der Waals surface area contributed by atoms with Crippen LogP contribution >= 0.6 is 0 Å². The summed E-state index contributed by atoms with van der Waals surface area (Å²) in [7, 11) is 4.52. The number of hydroxylamine groups is 2. The number of aromatic nitrogens is 1. The van der Waals surface area contributed by atoms with E-state index < -0.39 is 54.0 Å². The van der Waals surface area contributed by atoms with Gasteiger partial charge in [-0.25, -0.2) is 14.4 Å². The lowest BCUT2D eigenvalue weighted by Crippen LogP contribution is -2.42. The van der Waals surface area contributed by atoms with Gasteiger partial charge in [0.2, 0.25) is 0 Å². The van der Waals surface area contributed by atoms with Crippen LogP contribution < -0.4 is 0 Å². The molecule has 13 heteroatoms. The maximum absolute atomic E-state index is 12.5. The molecule has 0 spiro atoms. The number of esters is 4. The molecule has 2 saturated heterocycles.